The summed E-state index contributed by atoms with van der Waals surface area (Å²) in [6.07, 6.45) is 0. The number of nitrogens with one attached hydrogen (secondary N) is 1. The fourth-order valence-electron chi connectivity index (χ4n) is 1.80. The van der Waals surface area contributed by atoms with E-state index in [1.807, 2.05) is 12.1 Å². The summed E-state index contributed by atoms with van der Waals surface area (Å²) in [5, 5.41) is 3.76. The number of hydrogen-bond acceptors (Lipinski definition) is 4. The van der Waals surface area contributed by atoms with Crippen molar-refractivity contribution in [1.29, 1.82) is 0 Å². The van der Waals surface area contributed by atoms with Crippen molar-refractivity contribution in [1.82, 2.24) is 4.98 Å². The van der Waals surface area contributed by atoms with E-state index in [0.717, 1.165) is 4.90 Å². The number of rotatable bonds is 4. The van der Waals surface area contributed by atoms with Crippen LogP contribution in [0.4, 0.5) is 9.52 Å². The van der Waals surface area contributed by atoms with Gasteiger partial charge in [0, 0.05) is 9.92 Å². The van der Waals surface area contributed by atoms with Crippen LogP contribution in [-0.2, 0) is 4.79 Å². The summed E-state index contributed by atoms with van der Waals surface area (Å²) < 4.78 is 14.3. The number of hydrogen-bond donors (Lipinski definition) is 1. The maximum Gasteiger partial charge on any atom is 0.236 e. The highest BCUT2D eigenvalue weighted by atomic mass is 35.5. The first-order chi connectivity index (χ1) is 10.6. The van der Waals surface area contributed by atoms with E-state index in [9.17, 15) is 9.18 Å². The minimum Gasteiger partial charge on any atom is -0.301 e. The number of nitrogens with zero attached hydrogens (tertiary/aromatic N) is 1. The largest absolute Gasteiger partial charge is 0.301 e. The predicted octanol–water partition coefficient (Wildman–Crippen LogP) is 4.82. The molecule has 0 aliphatic rings. The molecule has 7 heteroatoms. The van der Waals surface area contributed by atoms with Gasteiger partial charge in [-0.05, 0) is 36.4 Å². The molecule has 112 valence electrons. The zero-order valence-corrected chi connectivity index (χ0v) is 13.6. The summed E-state index contributed by atoms with van der Waals surface area (Å²) >= 11 is 8.46. The molecule has 1 aromatic heterocycles. The Balaban J connectivity index is 1.63. The summed E-state index contributed by atoms with van der Waals surface area (Å²) in [5.74, 6) is -0.316. The molecule has 1 heterocycles. The van der Waals surface area contributed by atoms with E-state index in [0.29, 0.717) is 14.9 Å². The molecule has 0 bridgehead atoms. The van der Waals surface area contributed by atoms with Gasteiger partial charge in [-0.25, -0.2) is 9.37 Å². The molecule has 0 fully saturated rings. The van der Waals surface area contributed by atoms with Gasteiger partial charge in [-0.15, -0.1) is 11.8 Å². The number of halogens is 2. The molecule has 3 rings (SSSR count). The van der Waals surface area contributed by atoms with Crippen LogP contribution in [0.25, 0.3) is 10.2 Å². The van der Waals surface area contributed by atoms with Gasteiger partial charge in [0.25, 0.3) is 0 Å². The van der Waals surface area contributed by atoms with Crippen LogP contribution in [0.3, 0.4) is 0 Å². The van der Waals surface area contributed by atoms with E-state index < -0.39 is 0 Å². The number of thiazole rings is 1. The molecule has 0 radical (unpaired) electrons. The fourth-order valence-corrected chi connectivity index (χ4v) is 3.52. The van der Waals surface area contributed by atoms with Crippen molar-refractivity contribution in [3.8, 4) is 0 Å². The van der Waals surface area contributed by atoms with Crippen LogP contribution in [0.1, 0.15) is 0 Å². The molecule has 0 atom stereocenters. The summed E-state index contributed by atoms with van der Waals surface area (Å²) in [5.41, 5.74) is 0.285. The van der Waals surface area contributed by atoms with Gasteiger partial charge < -0.3 is 5.32 Å². The molecule has 3 nitrogen and oxygen atoms in total. The number of anilines is 1. The number of aromatic nitrogens is 1. The predicted molar refractivity (Wildman–Crippen MR) is 90.4 cm³/mol. The Morgan fingerprint density at radius 1 is 1.27 bits per heavy atom. The van der Waals surface area contributed by atoms with E-state index in [-0.39, 0.29) is 23.0 Å². The quantitative estimate of drug-likeness (QED) is 0.684. The van der Waals surface area contributed by atoms with Crippen molar-refractivity contribution in [2.45, 2.75) is 4.90 Å². The lowest BCUT2D eigenvalue weighted by molar-refractivity contribution is -0.113. The van der Waals surface area contributed by atoms with Crippen molar-refractivity contribution < 1.29 is 9.18 Å². The third-order valence-corrected chi connectivity index (χ3v) is 5.00. The van der Waals surface area contributed by atoms with Crippen molar-refractivity contribution in [2.24, 2.45) is 0 Å². The smallest absolute Gasteiger partial charge is 0.236 e. The number of fused-ring (bicyclic) bond motifs is 1. The highest BCUT2D eigenvalue weighted by molar-refractivity contribution is 8.00. The van der Waals surface area contributed by atoms with Crippen molar-refractivity contribution in [3.63, 3.8) is 0 Å². The lowest BCUT2D eigenvalue weighted by Gasteiger charge is -2.02. The molecule has 0 aliphatic carbocycles. The van der Waals surface area contributed by atoms with E-state index >= 15 is 0 Å². The Morgan fingerprint density at radius 2 is 2.05 bits per heavy atom. The van der Waals surface area contributed by atoms with Crippen LogP contribution in [0.15, 0.2) is 47.4 Å². The van der Waals surface area contributed by atoms with E-state index in [4.69, 9.17) is 11.6 Å². The monoisotopic (exact) mass is 352 g/mol. The molecule has 0 aliphatic heterocycles. The van der Waals surface area contributed by atoms with Gasteiger partial charge in [-0.1, -0.05) is 29.0 Å². The number of carbonyl (C=O) groups is 1. The normalized spacial score (nSPS) is 10.8. The topological polar surface area (TPSA) is 42.0 Å². The summed E-state index contributed by atoms with van der Waals surface area (Å²) in [6.45, 7) is 0. The molecule has 0 saturated heterocycles. The number of amides is 1. The zero-order chi connectivity index (χ0) is 15.5. The van der Waals surface area contributed by atoms with E-state index in [1.165, 1.54) is 29.2 Å². The molecule has 3 aromatic rings. The highest BCUT2D eigenvalue weighted by Gasteiger charge is 2.10. The van der Waals surface area contributed by atoms with Crippen LogP contribution in [-0.4, -0.2) is 16.6 Å². The highest BCUT2D eigenvalue weighted by Crippen LogP contribution is 2.28. The van der Waals surface area contributed by atoms with E-state index in [2.05, 4.69) is 10.3 Å². The van der Waals surface area contributed by atoms with Crippen molar-refractivity contribution >= 4 is 56.0 Å². The summed E-state index contributed by atoms with van der Waals surface area (Å²) in [4.78, 5) is 17.0. The Kier molecular flexibility index (Phi) is 4.61. The van der Waals surface area contributed by atoms with Crippen LogP contribution in [0.2, 0.25) is 5.02 Å². The molecule has 0 saturated carbocycles. The molecular weight excluding hydrogens is 343 g/mol. The van der Waals surface area contributed by atoms with Gasteiger partial charge in [0.15, 0.2) is 5.13 Å². The number of carbonyl (C=O) groups excluding carboxylic acids is 1. The minimum atomic E-state index is -0.384. The van der Waals surface area contributed by atoms with Gasteiger partial charge in [0.2, 0.25) is 5.91 Å². The second-order valence-corrected chi connectivity index (χ2v) is 6.91. The third-order valence-electron chi connectivity index (χ3n) is 2.80. The van der Waals surface area contributed by atoms with Crippen LogP contribution >= 0.6 is 34.7 Å². The second-order valence-electron chi connectivity index (χ2n) is 4.40. The average Bonchev–Trinajstić information content (AvgIpc) is 2.90. The maximum atomic E-state index is 13.6. The maximum absolute atomic E-state index is 13.6. The van der Waals surface area contributed by atoms with E-state index in [1.54, 1.807) is 24.3 Å². The molecule has 0 spiro atoms. The number of thioether (sulfide) groups is 1. The molecule has 1 N–H and O–H groups in total. The Labute approximate surface area is 139 Å². The molecular formula is C15H10ClFN2OS2. The van der Waals surface area contributed by atoms with Gasteiger partial charge in [-0.2, -0.15) is 0 Å². The SMILES string of the molecule is O=C(CSc1ccc(Cl)cc1)Nc1nc2c(F)cccc2s1. The van der Waals surface area contributed by atoms with Gasteiger partial charge >= 0.3 is 0 Å². The van der Waals surface area contributed by atoms with Crippen molar-refractivity contribution in [2.75, 3.05) is 11.1 Å². The first kappa shape index (κ1) is 15.3. The number of para-hydroxylation sites is 1. The Hall–Kier alpha value is -1.63. The molecule has 0 unspecified atom stereocenters. The Bertz CT molecular complexity index is 820. The van der Waals surface area contributed by atoms with Gasteiger partial charge in [0.1, 0.15) is 11.3 Å². The second kappa shape index (κ2) is 6.64. The molecule has 2 aromatic carbocycles. The first-order valence-corrected chi connectivity index (χ1v) is 8.53. The van der Waals surface area contributed by atoms with Crippen LogP contribution < -0.4 is 5.32 Å². The minimum absolute atomic E-state index is 0.181. The summed E-state index contributed by atoms with van der Waals surface area (Å²) in [6, 6.07) is 12.0. The third kappa shape index (κ3) is 3.58. The molecule has 1 amide bonds. The van der Waals surface area contributed by atoms with Gasteiger partial charge in [-0.3, -0.25) is 4.79 Å². The standard InChI is InChI=1S/C15H10ClFN2OS2/c16-9-4-6-10(7-5-9)21-8-13(20)18-15-19-14-11(17)2-1-3-12(14)22-15/h1-7H,8H2,(H,18,19,20). The van der Waals surface area contributed by atoms with Crippen LogP contribution in [0.5, 0.6) is 0 Å². The lowest BCUT2D eigenvalue weighted by Crippen LogP contribution is -2.13. The van der Waals surface area contributed by atoms with Crippen LogP contribution in [0, 0.1) is 5.82 Å². The lowest BCUT2D eigenvalue weighted by atomic mass is 10.3. The summed E-state index contributed by atoms with van der Waals surface area (Å²) in [7, 11) is 0. The van der Waals surface area contributed by atoms with Gasteiger partial charge in [0.05, 0.1) is 10.5 Å². The zero-order valence-electron chi connectivity index (χ0n) is 11.2. The fraction of sp³-hybridized carbons (Fsp3) is 0.0667. The number of benzene rings is 2. The molecule has 22 heavy (non-hydrogen) atoms. The first-order valence-electron chi connectivity index (χ1n) is 6.35. The van der Waals surface area contributed by atoms with Crippen molar-refractivity contribution in [3.05, 3.63) is 53.3 Å². The average molecular weight is 353 g/mol. The Morgan fingerprint density at radius 3 is 2.77 bits per heavy atom.